The number of hydrogen-bond donors (Lipinski definition) is 1. The number of esters is 1. The van der Waals surface area contributed by atoms with E-state index in [1.165, 1.54) is 0 Å². The summed E-state index contributed by atoms with van der Waals surface area (Å²) in [5.41, 5.74) is 8.11. The van der Waals surface area contributed by atoms with Crippen LogP contribution in [0.25, 0.3) is 16.7 Å². The van der Waals surface area contributed by atoms with Crippen LogP contribution in [0.3, 0.4) is 0 Å². The molecule has 7 heteroatoms. The predicted octanol–water partition coefficient (Wildman–Crippen LogP) is 4.12. The van der Waals surface area contributed by atoms with Crippen molar-refractivity contribution in [2.24, 2.45) is 5.73 Å². The molecule has 0 amide bonds. The van der Waals surface area contributed by atoms with Crippen LogP contribution in [0.4, 0.5) is 0 Å². The molecule has 3 aromatic rings. The Labute approximate surface area is 185 Å². The van der Waals surface area contributed by atoms with Crippen molar-refractivity contribution in [1.29, 1.82) is 0 Å². The number of ether oxygens (including phenoxy) is 3. The molecule has 0 saturated carbocycles. The predicted molar refractivity (Wildman–Crippen MR) is 118 cm³/mol. The van der Waals surface area contributed by atoms with Crippen molar-refractivity contribution in [3.05, 3.63) is 82.8 Å². The summed E-state index contributed by atoms with van der Waals surface area (Å²) in [6.45, 7) is 3.59. The molecular formula is C25H23NO6. The van der Waals surface area contributed by atoms with Crippen molar-refractivity contribution in [3.63, 3.8) is 0 Å². The van der Waals surface area contributed by atoms with E-state index in [1.807, 2.05) is 48.5 Å². The SMILES string of the molecule is CC1=C(c2cc3cc(OCc4ccccc4)ccc3o2)OC(C=O)C(C)=C1OC(=O)CN. The second-order valence-electron chi connectivity index (χ2n) is 7.40. The van der Waals surface area contributed by atoms with Gasteiger partial charge >= 0.3 is 5.97 Å². The fourth-order valence-corrected chi connectivity index (χ4v) is 3.48. The topological polar surface area (TPSA) is 101 Å². The summed E-state index contributed by atoms with van der Waals surface area (Å²) in [6, 6.07) is 17.2. The van der Waals surface area contributed by atoms with Crippen LogP contribution in [0.5, 0.6) is 5.75 Å². The lowest BCUT2D eigenvalue weighted by molar-refractivity contribution is -0.137. The standard InChI is InChI=1S/C25H23NO6/c1-15-22(13-27)31-25(16(2)24(15)32-23(28)12-26)21-11-18-10-19(8-9-20(18)30-21)29-14-17-6-4-3-5-7-17/h3-11,13,22H,12,14,26H2,1-2H3. The second kappa shape index (κ2) is 9.11. The Morgan fingerprint density at radius 3 is 2.62 bits per heavy atom. The number of allylic oxidation sites excluding steroid dienone is 1. The molecule has 0 spiro atoms. The Hall–Kier alpha value is -3.84. The smallest absolute Gasteiger partial charge is 0.325 e. The highest BCUT2D eigenvalue weighted by Crippen LogP contribution is 2.37. The normalized spacial score (nSPS) is 16.2. The Kier molecular flexibility index (Phi) is 6.09. The Morgan fingerprint density at radius 2 is 1.91 bits per heavy atom. The molecule has 2 N–H and O–H groups in total. The van der Waals surface area contributed by atoms with Gasteiger partial charge in [0.2, 0.25) is 0 Å². The van der Waals surface area contributed by atoms with Gasteiger partial charge in [0.1, 0.15) is 23.7 Å². The first-order valence-corrected chi connectivity index (χ1v) is 10.2. The van der Waals surface area contributed by atoms with E-state index >= 15 is 0 Å². The van der Waals surface area contributed by atoms with Crippen molar-refractivity contribution < 1.29 is 28.2 Å². The molecule has 0 saturated heterocycles. The number of rotatable bonds is 7. The molecule has 2 aromatic carbocycles. The highest BCUT2D eigenvalue weighted by molar-refractivity contribution is 5.84. The molecule has 7 nitrogen and oxygen atoms in total. The van der Waals surface area contributed by atoms with E-state index in [4.69, 9.17) is 24.4 Å². The minimum atomic E-state index is -0.896. The lowest BCUT2D eigenvalue weighted by Crippen LogP contribution is -2.25. The molecule has 1 unspecified atom stereocenters. The molecule has 32 heavy (non-hydrogen) atoms. The van der Waals surface area contributed by atoms with Crippen molar-refractivity contribution in [3.8, 4) is 5.75 Å². The maximum Gasteiger partial charge on any atom is 0.325 e. The molecule has 1 aliphatic heterocycles. The molecule has 0 fully saturated rings. The molecule has 1 aliphatic rings. The van der Waals surface area contributed by atoms with Gasteiger partial charge in [0.15, 0.2) is 23.9 Å². The second-order valence-corrected chi connectivity index (χ2v) is 7.40. The van der Waals surface area contributed by atoms with Gasteiger partial charge in [0.05, 0.1) is 6.54 Å². The van der Waals surface area contributed by atoms with Crippen LogP contribution >= 0.6 is 0 Å². The zero-order valence-electron chi connectivity index (χ0n) is 17.8. The summed E-state index contributed by atoms with van der Waals surface area (Å²) in [4.78, 5) is 23.3. The maximum absolute atomic E-state index is 11.8. The first-order chi connectivity index (χ1) is 15.5. The number of benzene rings is 2. The fraction of sp³-hybridized carbons (Fsp3) is 0.200. The summed E-state index contributed by atoms with van der Waals surface area (Å²) in [6.07, 6.45) is -0.247. The number of carbonyl (C=O) groups excluding carboxylic acids is 2. The average molecular weight is 433 g/mol. The molecule has 0 aliphatic carbocycles. The van der Waals surface area contributed by atoms with E-state index in [-0.39, 0.29) is 12.3 Å². The first kappa shape index (κ1) is 21.4. The zero-order chi connectivity index (χ0) is 22.7. The lowest BCUT2D eigenvalue weighted by Gasteiger charge is -2.26. The van der Waals surface area contributed by atoms with Crippen LogP contribution in [0.1, 0.15) is 25.2 Å². The third-order valence-corrected chi connectivity index (χ3v) is 5.18. The van der Waals surface area contributed by atoms with Gasteiger partial charge in [-0.25, -0.2) is 0 Å². The molecule has 0 bridgehead atoms. The minimum Gasteiger partial charge on any atom is -0.489 e. The minimum absolute atomic E-state index is 0.270. The van der Waals surface area contributed by atoms with Crippen LogP contribution in [0, 0.1) is 0 Å². The van der Waals surface area contributed by atoms with Gasteiger partial charge in [-0.2, -0.15) is 0 Å². The number of aldehydes is 1. The monoisotopic (exact) mass is 433 g/mol. The molecule has 0 radical (unpaired) electrons. The van der Waals surface area contributed by atoms with E-state index in [9.17, 15) is 9.59 Å². The molecule has 1 atom stereocenters. The summed E-state index contributed by atoms with van der Waals surface area (Å²) in [5, 5.41) is 0.809. The Morgan fingerprint density at radius 1 is 1.12 bits per heavy atom. The van der Waals surface area contributed by atoms with E-state index in [0.717, 1.165) is 10.9 Å². The van der Waals surface area contributed by atoms with Crippen molar-refractivity contribution in [2.75, 3.05) is 6.54 Å². The quantitative estimate of drug-likeness (QED) is 0.442. The van der Waals surface area contributed by atoms with Gasteiger partial charge in [0.25, 0.3) is 0 Å². The number of furan rings is 1. The van der Waals surface area contributed by atoms with Crippen molar-refractivity contribution >= 4 is 29.0 Å². The van der Waals surface area contributed by atoms with Gasteiger partial charge in [-0.3, -0.25) is 9.59 Å². The molecule has 2 heterocycles. The van der Waals surface area contributed by atoms with Gasteiger partial charge < -0.3 is 24.4 Å². The molecular weight excluding hydrogens is 410 g/mol. The van der Waals surface area contributed by atoms with Crippen molar-refractivity contribution in [2.45, 2.75) is 26.6 Å². The fourth-order valence-electron chi connectivity index (χ4n) is 3.48. The van der Waals surface area contributed by atoms with E-state index in [2.05, 4.69) is 0 Å². The van der Waals surface area contributed by atoms with Gasteiger partial charge in [0, 0.05) is 16.5 Å². The van der Waals surface area contributed by atoms with Crippen LogP contribution in [-0.2, 0) is 25.7 Å². The molecule has 1 aromatic heterocycles. The van der Waals surface area contributed by atoms with Gasteiger partial charge in [-0.1, -0.05) is 30.3 Å². The van der Waals surface area contributed by atoms with E-state index in [1.54, 1.807) is 19.9 Å². The van der Waals surface area contributed by atoms with Crippen LogP contribution in [-0.4, -0.2) is 24.9 Å². The number of fused-ring (bicyclic) bond motifs is 1. The molecule has 4 rings (SSSR count). The Bertz CT molecular complexity index is 1220. The highest BCUT2D eigenvalue weighted by atomic mass is 16.5. The van der Waals surface area contributed by atoms with Crippen LogP contribution in [0.2, 0.25) is 0 Å². The van der Waals surface area contributed by atoms with Gasteiger partial charge in [-0.15, -0.1) is 0 Å². The summed E-state index contributed by atoms with van der Waals surface area (Å²) < 4.78 is 23.1. The van der Waals surface area contributed by atoms with E-state index in [0.29, 0.717) is 46.9 Å². The number of carbonyl (C=O) groups is 2. The van der Waals surface area contributed by atoms with E-state index < -0.39 is 12.1 Å². The summed E-state index contributed by atoms with van der Waals surface area (Å²) in [5.74, 6) is 1.11. The molecule has 164 valence electrons. The maximum atomic E-state index is 11.8. The van der Waals surface area contributed by atoms with Crippen LogP contribution < -0.4 is 10.5 Å². The van der Waals surface area contributed by atoms with Crippen LogP contribution in [0.15, 0.2) is 75.9 Å². The lowest BCUT2D eigenvalue weighted by atomic mass is 10.0. The summed E-state index contributed by atoms with van der Waals surface area (Å²) >= 11 is 0. The largest absolute Gasteiger partial charge is 0.489 e. The third-order valence-electron chi connectivity index (χ3n) is 5.18. The zero-order valence-corrected chi connectivity index (χ0v) is 17.8. The van der Waals surface area contributed by atoms with Crippen molar-refractivity contribution in [1.82, 2.24) is 0 Å². The average Bonchev–Trinajstić information content (AvgIpc) is 3.24. The first-order valence-electron chi connectivity index (χ1n) is 10.2. The number of hydrogen-bond acceptors (Lipinski definition) is 7. The Balaban J connectivity index is 1.64. The third kappa shape index (κ3) is 4.29. The number of nitrogens with two attached hydrogens (primary N) is 1. The summed E-state index contributed by atoms with van der Waals surface area (Å²) in [7, 11) is 0. The van der Waals surface area contributed by atoms with Gasteiger partial charge in [-0.05, 0) is 43.7 Å². The highest BCUT2D eigenvalue weighted by Gasteiger charge is 2.31.